The van der Waals surface area contributed by atoms with Gasteiger partial charge in [-0.3, -0.25) is 4.79 Å². The van der Waals surface area contributed by atoms with Crippen molar-refractivity contribution in [1.29, 1.82) is 0 Å². The van der Waals surface area contributed by atoms with Crippen LogP contribution in [0.1, 0.15) is 64.7 Å². The van der Waals surface area contributed by atoms with Gasteiger partial charge in [0, 0.05) is 0 Å². The van der Waals surface area contributed by atoms with Gasteiger partial charge in [0.2, 0.25) is 6.29 Å². The predicted molar refractivity (Wildman–Crippen MR) is 60.9 cm³/mol. The van der Waals surface area contributed by atoms with Crippen LogP contribution in [-0.4, -0.2) is 12.3 Å². The maximum absolute atomic E-state index is 10.1. The minimum atomic E-state index is -0.352. The fraction of sp³-hybridized carbons (Fsp3) is 0.917. The summed E-state index contributed by atoms with van der Waals surface area (Å²) in [6.45, 7) is 2.23. The highest BCUT2D eigenvalue weighted by molar-refractivity contribution is 5.57. The van der Waals surface area contributed by atoms with Gasteiger partial charge in [-0.25, -0.2) is 0 Å². The molecule has 83 valence electrons. The second kappa shape index (κ2) is 10.7. The van der Waals surface area contributed by atoms with Crippen molar-refractivity contribution in [3.8, 4) is 0 Å². The van der Waals surface area contributed by atoms with Crippen LogP contribution in [0.5, 0.6) is 0 Å². The molecule has 2 nitrogen and oxygen atoms in total. The van der Waals surface area contributed by atoms with Crippen LogP contribution in [0.3, 0.4) is 0 Å². The van der Waals surface area contributed by atoms with Crippen molar-refractivity contribution in [3.63, 3.8) is 0 Å². The van der Waals surface area contributed by atoms with Gasteiger partial charge in [0.05, 0.1) is 6.04 Å². The minimum Gasteiger partial charge on any atom is -0.321 e. The van der Waals surface area contributed by atoms with Crippen LogP contribution in [0.25, 0.3) is 0 Å². The summed E-state index contributed by atoms with van der Waals surface area (Å²) in [5.74, 6) is 0. The van der Waals surface area contributed by atoms with E-state index in [1.54, 1.807) is 0 Å². The molecule has 1 unspecified atom stereocenters. The zero-order valence-corrected chi connectivity index (χ0v) is 9.43. The zero-order valence-electron chi connectivity index (χ0n) is 9.43. The summed E-state index contributed by atoms with van der Waals surface area (Å²) < 4.78 is 0. The highest BCUT2D eigenvalue weighted by Crippen LogP contribution is 2.09. The maximum atomic E-state index is 10.1. The van der Waals surface area contributed by atoms with E-state index in [1.165, 1.54) is 44.9 Å². The first-order chi connectivity index (χ1) is 6.81. The van der Waals surface area contributed by atoms with Crippen molar-refractivity contribution in [2.24, 2.45) is 5.73 Å². The lowest BCUT2D eigenvalue weighted by Crippen LogP contribution is -2.20. The van der Waals surface area contributed by atoms with E-state index in [9.17, 15) is 4.79 Å². The molecule has 0 aromatic rings. The highest BCUT2D eigenvalue weighted by atomic mass is 16.1. The van der Waals surface area contributed by atoms with Crippen molar-refractivity contribution in [2.45, 2.75) is 70.8 Å². The number of nitrogens with two attached hydrogens (primary N) is 1. The second-order valence-corrected chi connectivity index (χ2v) is 3.99. The molecule has 0 saturated carbocycles. The molecule has 0 aromatic carbocycles. The number of unbranched alkanes of at least 4 members (excludes halogenated alkanes) is 7. The van der Waals surface area contributed by atoms with E-state index in [4.69, 9.17) is 5.73 Å². The van der Waals surface area contributed by atoms with Gasteiger partial charge in [-0.05, 0) is 6.42 Å². The summed E-state index contributed by atoms with van der Waals surface area (Å²) in [6.07, 6.45) is 12.9. The number of hydrogen-bond donors (Lipinski definition) is 1. The largest absolute Gasteiger partial charge is 0.321 e. The SMILES string of the molecule is CCCCCCCCCCC(N)[C]=O. The average molecular weight is 198 g/mol. The normalized spacial score (nSPS) is 12.7. The molecule has 0 aliphatic heterocycles. The first-order valence-electron chi connectivity index (χ1n) is 5.94. The van der Waals surface area contributed by atoms with Crippen LogP contribution in [0.4, 0.5) is 0 Å². The first-order valence-corrected chi connectivity index (χ1v) is 5.94. The third-order valence-electron chi connectivity index (χ3n) is 2.52. The Bertz CT molecular complexity index is 125. The Morgan fingerprint density at radius 1 is 1.00 bits per heavy atom. The van der Waals surface area contributed by atoms with E-state index < -0.39 is 0 Å². The van der Waals surface area contributed by atoms with Crippen LogP contribution in [0.2, 0.25) is 0 Å². The van der Waals surface area contributed by atoms with Crippen molar-refractivity contribution >= 4 is 6.29 Å². The van der Waals surface area contributed by atoms with Gasteiger partial charge in [0.1, 0.15) is 0 Å². The smallest absolute Gasteiger partial charge is 0.216 e. The molecule has 0 heterocycles. The van der Waals surface area contributed by atoms with Crippen LogP contribution in [0.15, 0.2) is 0 Å². The zero-order chi connectivity index (χ0) is 10.6. The minimum absolute atomic E-state index is 0.352. The summed E-state index contributed by atoms with van der Waals surface area (Å²) >= 11 is 0. The maximum Gasteiger partial charge on any atom is 0.216 e. The Labute approximate surface area is 88.3 Å². The Kier molecular flexibility index (Phi) is 10.4. The fourth-order valence-electron chi connectivity index (χ4n) is 1.56. The third-order valence-corrected chi connectivity index (χ3v) is 2.52. The molecule has 1 radical (unpaired) electrons. The molecule has 0 aliphatic carbocycles. The summed E-state index contributed by atoms with van der Waals surface area (Å²) in [6, 6.07) is -0.352. The summed E-state index contributed by atoms with van der Waals surface area (Å²) in [5.41, 5.74) is 5.43. The fourth-order valence-corrected chi connectivity index (χ4v) is 1.56. The lowest BCUT2D eigenvalue weighted by molar-refractivity contribution is 0.520. The molecule has 0 bridgehead atoms. The van der Waals surface area contributed by atoms with Crippen molar-refractivity contribution in [2.75, 3.05) is 0 Å². The Morgan fingerprint density at radius 2 is 1.50 bits per heavy atom. The molecule has 0 saturated heterocycles. The number of hydrogen-bond acceptors (Lipinski definition) is 2. The van der Waals surface area contributed by atoms with E-state index in [2.05, 4.69) is 6.92 Å². The molecule has 0 spiro atoms. The molecule has 0 amide bonds. The Balaban J connectivity index is 2.95. The van der Waals surface area contributed by atoms with Crippen LogP contribution in [0, 0.1) is 0 Å². The van der Waals surface area contributed by atoms with Gasteiger partial charge in [-0.15, -0.1) is 0 Å². The molecule has 1 atom stereocenters. The van der Waals surface area contributed by atoms with Crippen molar-refractivity contribution < 1.29 is 4.79 Å². The molecule has 0 fully saturated rings. The number of carbonyl (C=O) groups excluding carboxylic acids is 1. The van der Waals surface area contributed by atoms with E-state index in [0.717, 1.165) is 12.8 Å². The highest BCUT2D eigenvalue weighted by Gasteiger charge is 1.99. The van der Waals surface area contributed by atoms with Crippen molar-refractivity contribution in [1.82, 2.24) is 0 Å². The second-order valence-electron chi connectivity index (χ2n) is 3.99. The third kappa shape index (κ3) is 9.72. The van der Waals surface area contributed by atoms with Gasteiger partial charge in [-0.1, -0.05) is 58.3 Å². The Hall–Kier alpha value is -0.370. The van der Waals surface area contributed by atoms with Gasteiger partial charge in [-0.2, -0.15) is 0 Å². The standard InChI is InChI=1S/C12H24NO/c1-2-3-4-5-6-7-8-9-10-12(13)11-14/h12H,2-10,13H2,1H3. The summed E-state index contributed by atoms with van der Waals surface area (Å²) in [7, 11) is 0. The van der Waals surface area contributed by atoms with Crippen LogP contribution >= 0.6 is 0 Å². The molecule has 0 aromatic heterocycles. The quantitative estimate of drug-likeness (QED) is 0.548. The molecule has 14 heavy (non-hydrogen) atoms. The van der Waals surface area contributed by atoms with E-state index >= 15 is 0 Å². The van der Waals surface area contributed by atoms with Gasteiger partial charge in [0.25, 0.3) is 0 Å². The predicted octanol–water partition coefficient (Wildman–Crippen LogP) is 2.95. The molecule has 0 rings (SSSR count). The van der Waals surface area contributed by atoms with E-state index in [0.29, 0.717) is 0 Å². The summed E-state index contributed by atoms with van der Waals surface area (Å²) in [5, 5.41) is 0. The van der Waals surface area contributed by atoms with Gasteiger partial charge in [0.15, 0.2) is 0 Å². The molecular weight excluding hydrogens is 174 g/mol. The molecular formula is C12H24NO. The number of rotatable bonds is 10. The lowest BCUT2D eigenvalue weighted by atomic mass is 10.1. The summed E-state index contributed by atoms with van der Waals surface area (Å²) in [4.78, 5) is 10.1. The monoisotopic (exact) mass is 198 g/mol. The van der Waals surface area contributed by atoms with Gasteiger partial charge < -0.3 is 5.73 Å². The van der Waals surface area contributed by atoms with Gasteiger partial charge >= 0.3 is 0 Å². The molecule has 2 heteroatoms. The topological polar surface area (TPSA) is 43.1 Å². The van der Waals surface area contributed by atoms with Crippen LogP contribution in [-0.2, 0) is 4.79 Å². The molecule has 2 N–H and O–H groups in total. The van der Waals surface area contributed by atoms with E-state index in [1.807, 2.05) is 6.29 Å². The van der Waals surface area contributed by atoms with E-state index in [-0.39, 0.29) is 6.04 Å². The average Bonchev–Trinajstić information content (AvgIpc) is 2.21. The molecule has 0 aliphatic rings. The lowest BCUT2D eigenvalue weighted by Gasteiger charge is -2.03. The Morgan fingerprint density at radius 3 is 2.00 bits per heavy atom. The first kappa shape index (κ1) is 13.6. The van der Waals surface area contributed by atoms with Crippen LogP contribution < -0.4 is 5.73 Å². The van der Waals surface area contributed by atoms with Crippen molar-refractivity contribution in [3.05, 3.63) is 0 Å².